The number of likely N-dealkylation sites (tertiary alicyclic amines) is 1. The minimum atomic E-state index is -1.05. The Kier molecular flexibility index (Phi) is 5.89. The maximum absolute atomic E-state index is 12.8. The zero-order valence-corrected chi connectivity index (χ0v) is 15.1. The topological polar surface area (TPSA) is 85.3 Å². The molecule has 1 atom stereocenters. The molecule has 1 aliphatic rings. The molecule has 1 aromatic rings. The van der Waals surface area contributed by atoms with E-state index >= 15 is 0 Å². The monoisotopic (exact) mass is 351 g/mol. The first-order valence-corrected chi connectivity index (χ1v) is 8.19. The molecule has 7 heteroatoms. The van der Waals surface area contributed by atoms with E-state index in [-0.39, 0.29) is 25.2 Å². The van der Waals surface area contributed by atoms with Crippen LogP contribution in [0.4, 0.5) is 0 Å². The van der Waals surface area contributed by atoms with Gasteiger partial charge < -0.3 is 24.2 Å². The highest BCUT2D eigenvalue weighted by atomic mass is 16.5. The number of aliphatic carboxylic acids is 1. The SMILES string of the molecule is COCC1(C(=O)O)CCN(C(=O)c2ccc(OC(C)C)c(OC)c2)C1. The molecule has 25 heavy (non-hydrogen) atoms. The molecule has 2 rings (SSSR count). The second-order valence-corrected chi connectivity index (χ2v) is 6.53. The maximum atomic E-state index is 12.8. The van der Waals surface area contributed by atoms with Gasteiger partial charge in [-0.15, -0.1) is 0 Å². The van der Waals surface area contributed by atoms with E-state index in [1.165, 1.54) is 14.2 Å². The summed E-state index contributed by atoms with van der Waals surface area (Å²) in [5, 5.41) is 9.51. The molecule has 0 aliphatic carbocycles. The van der Waals surface area contributed by atoms with Gasteiger partial charge in [0.15, 0.2) is 11.5 Å². The van der Waals surface area contributed by atoms with Gasteiger partial charge in [-0.2, -0.15) is 0 Å². The van der Waals surface area contributed by atoms with Crippen LogP contribution in [0.3, 0.4) is 0 Å². The molecule has 0 spiro atoms. The number of carbonyl (C=O) groups excluding carboxylic acids is 1. The molecule has 1 aliphatic heterocycles. The third kappa shape index (κ3) is 4.04. The number of carboxylic acid groups (broad SMARTS) is 1. The lowest BCUT2D eigenvalue weighted by atomic mass is 9.88. The van der Waals surface area contributed by atoms with Crippen molar-refractivity contribution < 1.29 is 28.9 Å². The summed E-state index contributed by atoms with van der Waals surface area (Å²) >= 11 is 0. The van der Waals surface area contributed by atoms with Crippen LogP contribution in [0.2, 0.25) is 0 Å². The zero-order chi connectivity index (χ0) is 18.6. The molecule has 0 aromatic heterocycles. The molecule has 1 saturated heterocycles. The number of benzene rings is 1. The first-order chi connectivity index (χ1) is 11.8. The van der Waals surface area contributed by atoms with Crippen molar-refractivity contribution in [3.05, 3.63) is 23.8 Å². The number of methoxy groups -OCH3 is 2. The van der Waals surface area contributed by atoms with Gasteiger partial charge in [-0.05, 0) is 38.5 Å². The second-order valence-electron chi connectivity index (χ2n) is 6.53. The van der Waals surface area contributed by atoms with E-state index < -0.39 is 11.4 Å². The van der Waals surface area contributed by atoms with Crippen LogP contribution in [0, 0.1) is 5.41 Å². The molecule has 7 nitrogen and oxygen atoms in total. The first-order valence-electron chi connectivity index (χ1n) is 8.19. The van der Waals surface area contributed by atoms with Gasteiger partial charge in [-0.3, -0.25) is 9.59 Å². The lowest BCUT2D eigenvalue weighted by Crippen LogP contribution is -2.40. The minimum Gasteiger partial charge on any atom is -0.493 e. The van der Waals surface area contributed by atoms with Crippen molar-refractivity contribution >= 4 is 11.9 Å². The maximum Gasteiger partial charge on any atom is 0.313 e. The Labute approximate surface area is 147 Å². The fraction of sp³-hybridized carbons (Fsp3) is 0.556. The van der Waals surface area contributed by atoms with Crippen molar-refractivity contribution in [2.75, 3.05) is 33.9 Å². The zero-order valence-electron chi connectivity index (χ0n) is 15.1. The van der Waals surface area contributed by atoms with Crippen LogP contribution in [0.1, 0.15) is 30.6 Å². The molecule has 1 heterocycles. The molecule has 1 aromatic carbocycles. The predicted octanol–water partition coefficient (Wildman–Crippen LogP) is 2.05. The Morgan fingerprint density at radius 1 is 1.28 bits per heavy atom. The smallest absolute Gasteiger partial charge is 0.313 e. The van der Waals surface area contributed by atoms with Crippen LogP contribution >= 0.6 is 0 Å². The molecule has 1 unspecified atom stereocenters. The van der Waals surface area contributed by atoms with Gasteiger partial charge in [-0.1, -0.05) is 0 Å². The highest BCUT2D eigenvalue weighted by Crippen LogP contribution is 2.34. The van der Waals surface area contributed by atoms with Crippen LogP contribution in [-0.4, -0.2) is 61.9 Å². The standard InChI is InChI=1S/C18H25NO6/c1-12(2)25-14-6-5-13(9-15(14)24-4)16(20)19-8-7-18(10-19,11-23-3)17(21)22/h5-6,9,12H,7-8,10-11H2,1-4H3,(H,21,22). The first kappa shape index (κ1) is 19.1. The van der Waals surface area contributed by atoms with Gasteiger partial charge in [0.2, 0.25) is 0 Å². The molecule has 1 amide bonds. The van der Waals surface area contributed by atoms with Crippen molar-refractivity contribution in [2.24, 2.45) is 5.41 Å². The van der Waals surface area contributed by atoms with Gasteiger partial charge in [0.25, 0.3) is 5.91 Å². The van der Waals surface area contributed by atoms with Crippen molar-refractivity contribution in [1.82, 2.24) is 4.90 Å². The number of amides is 1. The van der Waals surface area contributed by atoms with E-state index in [2.05, 4.69) is 0 Å². The number of rotatable bonds is 7. The van der Waals surface area contributed by atoms with Crippen molar-refractivity contribution in [3.63, 3.8) is 0 Å². The van der Waals surface area contributed by atoms with E-state index in [0.717, 1.165) is 0 Å². The van der Waals surface area contributed by atoms with Crippen LogP contribution in [0.15, 0.2) is 18.2 Å². The largest absolute Gasteiger partial charge is 0.493 e. The lowest BCUT2D eigenvalue weighted by Gasteiger charge is -2.24. The Balaban J connectivity index is 2.19. The summed E-state index contributed by atoms with van der Waals surface area (Å²) in [6.45, 7) is 4.40. The van der Waals surface area contributed by atoms with Gasteiger partial charge >= 0.3 is 5.97 Å². The van der Waals surface area contributed by atoms with Gasteiger partial charge in [0.05, 0.1) is 19.8 Å². The molecule has 0 radical (unpaired) electrons. The summed E-state index contributed by atoms with van der Waals surface area (Å²) < 4.78 is 16.0. The average Bonchev–Trinajstić information content (AvgIpc) is 3.00. The van der Waals surface area contributed by atoms with E-state index in [9.17, 15) is 14.7 Å². The second kappa shape index (κ2) is 7.74. The molecule has 0 bridgehead atoms. The van der Waals surface area contributed by atoms with Gasteiger partial charge in [0, 0.05) is 25.8 Å². The summed E-state index contributed by atoms with van der Waals surface area (Å²) in [4.78, 5) is 25.9. The van der Waals surface area contributed by atoms with Gasteiger partial charge in [-0.25, -0.2) is 0 Å². The summed E-state index contributed by atoms with van der Waals surface area (Å²) in [7, 11) is 2.98. The Morgan fingerprint density at radius 2 is 2.00 bits per heavy atom. The fourth-order valence-corrected chi connectivity index (χ4v) is 3.01. The average molecular weight is 351 g/mol. The fourth-order valence-electron chi connectivity index (χ4n) is 3.01. The van der Waals surface area contributed by atoms with Crippen LogP contribution in [0.5, 0.6) is 11.5 Å². The predicted molar refractivity (Wildman–Crippen MR) is 91.2 cm³/mol. The third-order valence-electron chi connectivity index (χ3n) is 4.29. The summed E-state index contributed by atoms with van der Waals surface area (Å²) in [6, 6.07) is 4.98. The Morgan fingerprint density at radius 3 is 2.56 bits per heavy atom. The van der Waals surface area contributed by atoms with E-state index in [4.69, 9.17) is 14.2 Å². The summed E-state index contributed by atoms with van der Waals surface area (Å²) in [5.74, 6) is -0.133. The van der Waals surface area contributed by atoms with Crippen LogP contribution in [0.25, 0.3) is 0 Å². The normalized spacial score (nSPS) is 20.0. The highest BCUT2D eigenvalue weighted by Gasteiger charge is 2.46. The Hall–Kier alpha value is -2.28. The molecule has 0 saturated carbocycles. The molecule has 1 N–H and O–H groups in total. The molecule has 1 fully saturated rings. The van der Waals surface area contributed by atoms with Crippen molar-refractivity contribution in [2.45, 2.75) is 26.4 Å². The van der Waals surface area contributed by atoms with E-state index in [1.54, 1.807) is 23.1 Å². The quantitative estimate of drug-likeness (QED) is 0.809. The number of hydrogen-bond donors (Lipinski definition) is 1. The van der Waals surface area contributed by atoms with Crippen molar-refractivity contribution in [1.29, 1.82) is 0 Å². The lowest BCUT2D eigenvalue weighted by molar-refractivity contribution is -0.151. The number of carboxylic acids is 1. The molecular weight excluding hydrogens is 326 g/mol. The Bertz CT molecular complexity index is 644. The van der Waals surface area contributed by atoms with Gasteiger partial charge in [0.1, 0.15) is 5.41 Å². The third-order valence-corrected chi connectivity index (χ3v) is 4.29. The number of ether oxygens (including phenoxy) is 3. The van der Waals surface area contributed by atoms with Crippen LogP contribution < -0.4 is 9.47 Å². The number of carbonyl (C=O) groups is 2. The molecule has 138 valence electrons. The van der Waals surface area contributed by atoms with E-state index in [1.807, 2.05) is 13.8 Å². The number of nitrogens with zero attached hydrogens (tertiary/aromatic N) is 1. The van der Waals surface area contributed by atoms with Crippen molar-refractivity contribution in [3.8, 4) is 11.5 Å². The molecular formula is C18H25NO6. The van der Waals surface area contributed by atoms with Crippen LogP contribution in [-0.2, 0) is 9.53 Å². The van der Waals surface area contributed by atoms with E-state index in [0.29, 0.717) is 30.0 Å². The summed E-state index contributed by atoms with van der Waals surface area (Å²) in [6.07, 6.45) is 0.354. The minimum absolute atomic E-state index is 0.0146. The summed E-state index contributed by atoms with van der Waals surface area (Å²) in [5.41, 5.74) is -0.610. The highest BCUT2D eigenvalue weighted by molar-refractivity contribution is 5.95. The number of hydrogen-bond acceptors (Lipinski definition) is 5.